The molecule has 0 spiro atoms. The summed E-state index contributed by atoms with van der Waals surface area (Å²) >= 11 is 3.38. The number of halogens is 1. The number of fused-ring (bicyclic) bond motifs is 2. The van der Waals surface area contributed by atoms with Crippen molar-refractivity contribution in [2.75, 3.05) is 6.61 Å². The van der Waals surface area contributed by atoms with Crippen LogP contribution in [-0.2, 0) is 7.05 Å². The summed E-state index contributed by atoms with van der Waals surface area (Å²) in [6.45, 7) is 0.183. The third-order valence-corrected chi connectivity index (χ3v) is 5.23. The fourth-order valence-electron chi connectivity index (χ4n) is 3.87. The maximum atomic E-state index is 12.3. The Hall–Kier alpha value is -0.810. The normalized spacial score (nSPS) is 32.8. The maximum absolute atomic E-state index is 12.3. The van der Waals surface area contributed by atoms with E-state index in [0.29, 0.717) is 17.5 Å². The molecule has 3 rings (SSSR count). The van der Waals surface area contributed by atoms with Gasteiger partial charge in [-0.1, -0.05) is 0 Å². The zero-order valence-corrected chi connectivity index (χ0v) is 12.6. The number of hydrogen-bond donors (Lipinski definition) is 2. The van der Waals surface area contributed by atoms with E-state index >= 15 is 0 Å². The molecule has 5 heteroatoms. The number of nitrogens with zero attached hydrogens (tertiary/aromatic N) is 1. The molecule has 1 aromatic heterocycles. The van der Waals surface area contributed by atoms with E-state index in [-0.39, 0.29) is 24.5 Å². The number of aryl methyl sites for hydroxylation is 1. The fourth-order valence-corrected chi connectivity index (χ4v) is 4.40. The number of aromatic nitrogens is 1. The third-order valence-electron chi connectivity index (χ3n) is 4.80. The van der Waals surface area contributed by atoms with E-state index in [1.165, 1.54) is 12.8 Å². The first-order valence-corrected chi connectivity index (χ1v) is 7.63. The first-order valence-electron chi connectivity index (χ1n) is 6.83. The van der Waals surface area contributed by atoms with Crippen molar-refractivity contribution in [3.8, 4) is 0 Å². The van der Waals surface area contributed by atoms with Gasteiger partial charge in [0.25, 0.3) is 5.91 Å². The summed E-state index contributed by atoms with van der Waals surface area (Å²) < 4.78 is 2.73. The number of hydrogen-bond acceptors (Lipinski definition) is 2. The second-order valence-electron chi connectivity index (χ2n) is 5.83. The molecule has 0 aromatic carbocycles. The highest BCUT2D eigenvalue weighted by Gasteiger charge is 2.47. The number of carbonyl (C=O) groups is 1. The van der Waals surface area contributed by atoms with Crippen molar-refractivity contribution >= 4 is 21.8 Å². The van der Waals surface area contributed by atoms with Crippen molar-refractivity contribution in [2.24, 2.45) is 24.8 Å². The number of carbonyl (C=O) groups excluding carboxylic acids is 1. The van der Waals surface area contributed by atoms with Crippen LogP contribution in [0.5, 0.6) is 0 Å². The topological polar surface area (TPSA) is 54.3 Å². The van der Waals surface area contributed by atoms with Crippen LogP contribution < -0.4 is 5.32 Å². The molecule has 2 bridgehead atoms. The number of rotatable bonds is 3. The van der Waals surface area contributed by atoms with Gasteiger partial charge in [-0.25, -0.2) is 0 Å². The predicted molar refractivity (Wildman–Crippen MR) is 75.8 cm³/mol. The number of aliphatic hydroxyl groups excluding tert-OH is 1. The molecule has 104 valence electrons. The molecule has 1 aromatic rings. The first kappa shape index (κ1) is 13.2. The largest absolute Gasteiger partial charge is 0.396 e. The predicted octanol–water partition coefficient (Wildman–Crippen LogP) is 1.92. The molecule has 2 aliphatic rings. The Morgan fingerprint density at radius 1 is 1.53 bits per heavy atom. The van der Waals surface area contributed by atoms with Gasteiger partial charge in [0.2, 0.25) is 0 Å². The standard InChI is InChI=1S/C14H19BrN2O2/c1-17-6-10(15)5-12(17)14(19)16-13-9-3-2-8(4-9)11(13)7-18/h5-6,8-9,11,13,18H,2-4,7H2,1H3,(H,16,19). The summed E-state index contributed by atoms with van der Waals surface area (Å²) in [6.07, 6.45) is 5.42. The van der Waals surface area contributed by atoms with Crippen LogP contribution in [0.3, 0.4) is 0 Å². The van der Waals surface area contributed by atoms with E-state index in [2.05, 4.69) is 21.2 Å². The molecule has 1 amide bonds. The lowest BCUT2D eigenvalue weighted by Gasteiger charge is -2.30. The van der Waals surface area contributed by atoms with Gasteiger partial charge in [0.15, 0.2) is 0 Å². The van der Waals surface area contributed by atoms with E-state index in [9.17, 15) is 9.90 Å². The first-order chi connectivity index (χ1) is 9.10. The van der Waals surface area contributed by atoms with Crippen LogP contribution in [0.15, 0.2) is 16.7 Å². The lowest BCUT2D eigenvalue weighted by atomic mass is 9.85. The molecule has 0 radical (unpaired) electrons. The third kappa shape index (κ3) is 2.23. The van der Waals surface area contributed by atoms with Crippen LogP contribution >= 0.6 is 15.9 Å². The number of amides is 1. The molecule has 2 saturated carbocycles. The Morgan fingerprint density at radius 2 is 2.26 bits per heavy atom. The summed E-state index contributed by atoms with van der Waals surface area (Å²) in [7, 11) is 1.87. The van der Waals surface area contributed by atoms with E-state index < -0.39 is 0 Å². The highest BCUT2D eigenvalue weighted by molar-refractivity contribution is 9.10. The van der Waals surface area contributed by atoms with E-state index in [1.54, 1.807) is 0 Å². The molecule has 4 nitrogen and oxygen atoms in total. The van der Waals surface area contributed by atoms with Crippen LogP contribution in [0.1, 0.15) is 29.8 Å². The molecule has 2 aliphatic carbocycles. The van der Waals surface area contributed by atoms with Gasteiger partial charge in [-0.15, -0.1) is 0 Å². The average molecular weight is 327 g/mol. The van der Waals surface area contributed by atoms with Gasteiger partial charge in [-0.2, -0.15) is 0 Å². The molecule has 1 heterocycles. The zero-order chi connectivity index (χ0) is 13.6. The highest BCUT2D eigenvalue weighted by atomic mass is 79.9. The van der Waals surface area contributed by atoms with Crippen molar-refractivity contribution in [2.45, 2.75) is 25.3 Å². The van der Waals surface area contributed by atoms with Gasteiger partial charge in [-0.3, -0.25) is 4.79 Å². The summed E-state index contributed by atoms with van der Waals surface area (Å²) in [4.78, 5) is 12.3. The van der Waals surface area contributed by atoms with Crippen molar-refractivity contribution in [1.29, 1.82) is 0 Å². The Balaban J connectivity index is 1.74. The van der Waals surface area contributed by atoms with Crippen molar-refractivity contribution in [1.82, 2.24) is 9.88 Å². The maximum Gasteiger partial charge on any atom is 0.268 e. The highest BCUT2D eigenvalue weighted by Crippen LogP contribution is 2.48. The minimum absolute atomic E-state index is 0.0378. The van der Waals surface area contributed by atoms with Crippen molar-refractivity contribution in [3.05, 3.63) is 22.4 Å². The van der Waals surface area contributed by atoms with Crippen molar-refractivity contribution in [3.63, 3.8) is 0 Å². The molecule has 19 heavy (non-hydrogen) atoms. The monoisotopic (exact) mass is 326 g/mol. The summed E-state index contributed by atoms with van der Waals surface area (Å²) in [5.41, 5.74) is 0.659. The van der Waals surface area contributed by atoms with Gasteiger partial charge >= 0.3 is 0 Å². The molecular weight excluding hydrogens is 308 g/mol. The lowest BCUT2D eigenvalue weighted by molar-refractivity contribution is 0.0853. The van der Waals surface area contributed by atoms with Gasteiger partial charge < -0.3 is 15.0 Å². The van der Waals surface area contributed by atoms with Crippen LogP contribution in [-0.4, -0.2) is 28.2 Å². The van der Waals surface area contributed by atoms with Gasteiger partial charge in [0, 0.05) is 36.3 Å². The molecule has 4 unspecified atom stereocenters. The second kappa shape index (κ2) is 4.94. The van der Waals surface area contributed by atoms with Crippen molar-refractivity contribution < 1.29 is 9.90 Å². The van der Waals surface area contributed by atoms with E-state index in [4.69, 9.17) is 0 Å². The number of aliphatic hydroxyl groups is 1. The zero-order valence-electron chi connectivity index (χ0n) is 11.0. The minimum Gasteiger partial charge on any atom is -0.396 e. The van der Waals surface area contributed by atoms with Crippen LogP contribution in [0.2, 0.25) is 0 Å². The molecular formula is C14H19BrN2O2. The Morgan fingerprint density at radius 3 is 2.89 bits per heavy atom. The Kier molecular flexibility index (Phi) is 3.43. The van der Waals surface area contributed by atoms with Crippen LogP contribution in [0.4, 0.5) is 0 Å². The van der Waals surface area contributed by atoms with Gasteiger partial charge in [0.1, 0.15) is 5.69 Å². The summed E-state index contributed by atoms with van der Waals surface area (Å²) in [5, 5.41) is 12.7. The molecule has 0 aliphatic heterocycles. The lowest BCUT2D eigenvalue weighted by Crippen LogP contribution is -2.45. The molecule has 2 fully saturated rings. The second-order valence-corrected chi connectivity index (χ2v) is 6.75. The fraction of sp³-hybridized carbons (Fsp3) is 0.643. The van der Waals surface area contributed by atoms with Crippen LogP contribution in [0, 0.1) is 17.8 Å². The smallest absolute Gasteiger partial charge is 0.268 e. The molecule has 0 saturated heterocycles. The van der Waals surface area contributed by atoms with Crippen LogP contribution in [0.25, 0.3) is 0 Å². The van der Waals surface area contributed by atoms with Gasteiger partial charge in [0.05, 0.1) is 0 Å². The SMILES string of the molecule is Cn1cc(Br)cc1C(=O)NC1C2CCC(C2)C1CO. The summed E-state index contributed by atoms with van der Waals surface area (Å²) in [6, 6.07) is 1.97. The average Bonchev–Trinajstić information content (AvgIpc) is 3.03. The quantitative estimate of drug-likeness (QED) is 0.891. The molecule has 2 N–H and O–H groups in total. The summed E-state index contributed by atoms with van der Waals surface area (Å²) in [5.74, 6) is 1.35. The van der Waals surface area contributed by atoms with E-state index in [1.807, 2.05) is 23.9 Å². The Bertz CT molecular complexity index is 500. The number of nitrogens with one attached hydrogen (secondary N) is 1. The van der Waals surface area contributed by atoms with E-state index in [0.717, 1.165) is 10.9 Å². The molecule has 4 atom stereocenters. The minimum atomic E-state index is -0.0378. The van der Waals surface area contributed by atoms with Gasteiger partial charge in [-0.05, 0) is 53.1 Å². The Labute approximate surface area is 121 Å².